The first-order chi connectivity index (χ1) is 12.6. The van der Waals surface area contributed by atoms with Crippen molar-refractivity contribution in [3.63, 3.8) is 0 Å². The molecular weight excluding hydrogens is 354 g/mol. The molecule has 5 nitrogen and oxygen atoms in total. The topological polar surface area (TPSA) is 49.7 Å². The first-order valence-corrected chi connectivity index (χ1v) is 9.27. The normalized spacial score (nSPS) is 12.0. The van der Waals surface area contributed by atoms with E-state index in [0.29, 0.717) is 42.9 Å². The van der Waals surface area contributed by atoms with Crippen LogP contribution in [0, 0.1) is 0 Å². The van der Waals surface area contributed by atoms with Crippen molar-refractivity contribution in [2.45, 2.75) is 33.2 Å². The van der Waals surface area contributed by atoms with Crippen molar-refractivity contribution in [1.29, 1.82) is 0 Å². The van der Waals surface area contributed by atoms with Gasteiger partial charge in [-0.3, -0.25) is 4.79 Å². The maximum atomic E-state index is 11.7. The number of methoxy groups -OCH3 is 1. The summed E-state index contributed by atoms with van der Waals surface area (Å²) in [6, 6.07) is 6.73. The molecule has 3 rings (SSSR count). The largest absolute Gasteiger partial charge is 0.492 e. The zero-order valence-electron chi connectivity index (χ0n) is 15.6. The van der Waals surface area contributed by atoms with Crippen LogP contribution in [0.15, 0.2) is 35.3 Å². The molecule has 26 heavy (non-hydrogen) atoms. The van der Waals surface area contributed by atoms with Gasteiger partial charge in [0.25, 0.3) is 0 Å². The van der Waals surface area contributed by atoms with E-state index in [1.165, 1.54) is 6.42 Å². The molecule has 1 aliphatic heterocycles. The molecule has 0 fully saturated rings. The Kier molecular flexibility index (Phi) is 8.01. The highest BCUT2D eigenvalue weighted by Gasteiger charge is 2.18. The van der Waals surface area contributed by atoms with Crippen molar-refractivity contribution in [2.75, 3.05) is 26.9 Å². The van der Waals surface area contributed by atoms with Crippen LogP contribution in [-0.4, -0.2) is 31.5 Å². The van der Waals surface area contributed by atoms with Crippen LogP contribution in [0.3, 0.4) is 0 Å². The van der Waals surface area contributed by atoms with Gasteiger partial charge in [0.1, 0.15) is 18.1 Å². The number of hydrogen-bond acceptors (Lipinski definition) is 4. The minimum atomic E-state index is -0.0416. The van der Waals surface area contributed by atoms with E-state index in [9.17, 15) is 4.79 Å². The SMILES string of the molecule is CCC.COCCCOc1cc2c(cc1Cl)-c1cc(=O)ccn1CCO2. The number of benzene rings is 1. The third-order valence-corrected chi connectivity index (χ3v) is 3.95. The molecule has 0 unspecified atom stereocenters. The highest BCUT2D eigenvalue weighted by molar-refractivity contribution is 6.32. The van der Waals surface area contributed by atoms with Gasteiger partial charge in [-0.05, 0) is 6.07 Å². The molecule has 142 valence electrons. The second-order valence-corrected chi connectivity index (χ2v) is 6.38. The molecule has 1 aliphatic rings. The summed E-state index contributed by atoms with van der Waals surface area (Å²) in [7, 11) is 1.66. The van der Waals surface area contributed by atoms with Crippen LogP contribution < -0.4 is 14.9 Å². The molecule has 0 atom stereocenters. The van der Waals surface area contributed by atoms with Crippen LogP contribution in [-0.2, 0) is 11.3 Å². The number of nitrogens with zero attached hydrogens (tertiary/aromatic N) is 1. The van der Waals surface area contributed by atoms with Gasteiger partial charge in [-0.25, -0.2) is 0 Å². The number of aromatic nitrogens is 1. The smallest absolute Gasteiger partial charge is 0.182 e. The van der Waals surface area contributed by atoms with Gasteiger partial charge in [0.2, 0.25) is 0 Å². The van der Waals surface area contributed by atoms with E-state index in [2.05, 4.69) is 13.8 Å². The summed E-state index contributed by atoms with van der Waals surface area (Å²) < 4.78 is 18.5. The van der Waals surface area contributed by atoms with Crippen LogP contribution in [0.4, 0.5) is 0 Å². The monoisotopic (exact) mass is 379 g/mol. The number of rotatable bonds is 5. The van der Waals surface area contributed by atoms with Crippen molar-refractivity contribution in [1.82, 2.24) is 4.57 Å². The Bertz CT molecular complexity index is 773. The van der Waals surface area contributed by atoms with Crippen molar-refractivity contribution >= 4 is 11.6 Å². The summed E-state index contributed by atoms with van der Waals surface area (Å²) in [6.45, 7) is 6.59. The molecule has 1 aromatic heterocycles. The Labute approximate surface area is 159 Å². The van der Waals surface area contributed by atoms with Crippen LogP contribution >= 0.6 is 11.6 Å². The zero-order chi connectivity index (χ0) is 18.9. The Balaban J connectivity index is 0.000000758. The number of halogens is 1. The minimum absolute atomic E-state index is 0.0416. The Morgan fingerprint density at radius 3 is 2.73 bits per heavy atom. The van der Waals surface area contributed by atoms with Crippen LogP contribution in [0.1, 0.15) is 26.7 Å². The number of ether oxygens (including phenoxy) is 3. The zero-order valence-corrected chi connectivity index (χ0v) is 16.3. The lowest BCUT2D eigenvalue weighted by atomic mass is 10.1. The first kappa shape index (κ1) is 20.3. The Morgan fingerprint density at radius 2 is 2.00 bits per heavy atom. The van der Waals surface area contributed by atoms with Gasteiger partial charge in [-0.15, -0.1) is 0 Å². The molecule has 1 aromatic carbocycles. The van der Waals surface area contributed by atoms with Gasteiger partial charge in [-0.2, -0.15) is 0 Å². The van der Waals surface area contributed by atoms with E-state index in [4.69, 9.17) is 25.8 Å². The predicted octanol–water partition coefficient (Wildman–Crippen LogP) is 4.39. The molecule has 0 saturated carbocycles. The third-order valence-electron chi connectivity index (χ3n) is 3.66. The summed E-state index contributed by atoms with van der Waals surface area (Å²) in [6.07, 6.45) is 3.81. The van der Waals surface area contributed by atoms with Gasteiger partial charge in [0, 0.05) is 50.1 Å². The summed E-state index contributed by atoms with van der Waals surface area (Å²) >= 11 is 6.33. The highest BCUT2D eigenvalue weighted by Crippen LogP contribution is 2.39. The summed E-state index contributed by atoms with van der Waals surface area (Å²) in [5.74, 6) is 1.25. The molecule has 0 aliphatic carbocycles. The maximum Gasteiger partial charge on any atom is 0.182 e. The highest BCUT2D eigenvalue weighted by atomic mass is 35.5. The fourth-order valence-corrected chi connectivity index (χ4v) is 2.76. The van der Waals surface area contributed by atoms with E-state index in [1.807, 2.05) is 4.57 Å². The summed E-state index contributed by atoms with van der Waals surface area (Å²) in [5.41, 5.74) is 1.56. The molecule has 0 N–H and O–H groups in total. The molecule has 0 amide bonds. The van der Waals surface area contributed by atoms with Crippen LogP contribution in [0.5, 0.6) is 11.5 Å². The van der Waals surface area contributed by atoms with Crippen LogP contribution in [0.2, 0.25) is 5.02 Å². The fraction of sp³-hybridized carbons (Fsp3) is 0.450. The molecule has 6 heteroatoms. The van der Waals surface area contributed by atoms with E-state index in [-0.39, 0.29) is 5.43 Å². The summed E-state index contributed by atoms with van der Waals surface area (Å²) in [4.78, 5) is 11.7. The molecule has 2 aromatic rings. The second kappa shape index (κ2) is 10.2. The predicted molar refractivity (Wildman–Crippen MR) is 105 cm³/mol. The molecule has 0 bridgehead atoms. The number of fused-ring (bicyclic) bond motifs is 3. The van der Waals surface area contributed by atoms with Crippen molar-refractivity contribution in [2.24, 2.45) is 0 Å². The van der Waals surface area contributed by atoms with Gasteiger partial charge in [0.05, 0.1) is 23.9 Å². The number of hydrogen-bond donors (Lipinski definition) is 0. The Hall–Kier alpha value is -1.98. The quantitative estimate of drug-likeness (QED) is 0.723. The molecule has 2 heterocycles. The summed E-state index contributed by atoms with van der Waals surface area (Å²) in [5, 5.41) is 0.495. The lowest BCUT2D eigenvalue weighted by Gasteiger charge is -2.13. The molecule has 0 radical (unpaired) electrons. The minimum Gasteiger partial charge on any atom is -0.492 e. The maximum absolute atomic E-state index is 11.7. The first-order valence-electron chi connectivity index (χ1n) is 8.89. The van der Waals surface area contributed by atoms with Crippen molar-refractivity contribution in [3.8, 4) is 22.8 Å². The average molecular weight is 380 g/mol. The fourth-order valence-electron chi connectivity index (χ4n) is 2.54. The van der Waals surface area contributed by atoms with Gasteiger partial charge in [-0.1, -0.05) is 31.9 Å². The van der Waals surface area contributed by atoms with E-state index < -0.39 is 0 Å². The average Bonchev–Trinajstić information content (AvgIpc) is 2.78. The standard InChI is InChI=1S/C17H18ClNO4.C3H8/c1-21-6-2-7-22-17-11-16-13(10-14(17)18)15-9-12(20)3-4-19(15)5-8-23-16;1-3-2/h3-4,9-11H,2,5-8H2,1H3;3H2,1-2H3. The molecule has 0 spiro atoms. The second-order valence-electron chi connectivity index (χ2n) is 5.97. The molecule has 0 saturated heterocycles. The van der Waals surface area contributed by atoms with E-state index in [0.717, 1.165) is 17.7 Å². The van der Waals surface area contributed by atoms with E-state index in [1.54, 1.807) is 37.6 Å². The van der Waals surface area contributed by atoms with Crippen LogP contribution in [0.25, 0.3) is 11.3 Å². The molecular formula is C20H26ClNO4. The van der Waals surface area contributed by atoms with Gasteiger partial charge >= 0.3 is 0 Å². The Morgan fingerprint density at radius 1 is 1.23 bits per heavy atom. The van der Waals surface area contributed by atoms with Crippen molar-refractivity contribution in [3.05, 3.63) is 45.7 Å². The van der Waals surface area contributed by atoms with E-state index >= 15 is 0 Å². The van der Waals surface area contributed by atoms with Gasteiger partial charge in [0.15, 0.2) is 5.43 Å². The van der Waals surface area contributed by atoms with Crippen molar-refractivity contribution < 1.29 is 14.2 Å². The lowest BCUT2D eigenvalue weighted by molar-refractivity contribution is 0.172. The lowest BCUT2D eigenvalue weighted by Crippen LogP contribution is -2.09. The number of pyridine rings is 1. The van der Waals surface area contributed by atoms with Gasteiger partial charge < -0.3 is 18.8 Å². The third kappa shape index (κ3) is 5.26.